The van der Waals surface area contributed by atoms with Crippen LogP contribution in [-0.4, -0.2) is 57.6 Å². The normalized spacial score (nSPS) is 16.9. The average molecular weight is 538 g/mol. The number of carboxylic acid groups (broad SMARTS) is 1. The van der Waals surface area contributed by atoms with Crippen molar-refractivity contribution in [1.82, 2.24) is 4.31 Å². The van der Waals surface area contributed by atoms with Gasteiger partial charge in [0.25, 0.3) is 0 Å². The lowest BCUT2D eigenvalue weighted by Gasteiger charge is -2.32. The summed E-state index contributed by atoms with van der Waals surface area (Å²) >= 11 is 0. The summed E-state index contributed by atoms with van der Waals surface area (Å²) in [6.07, 6.45) is 2.47. The van der Waals surface area contributed by atoms with Crippen molar-refractivity contribution in [3.8, 4) is 5.75 Å². The van der Waals surface area contributed by atoms with Gasteiger partial charge >= 0.3 is 5.97 Å². The van der Waals surface area contributed by atoms with E-state index in [0.717, 1.165) is 24.1 Å². The first kappa shape index (κ1) is 27.5. The SMILES string of the molecule is CCCCC1CN(c2ccccc2)c2cc(N(C)C)c(C(=O)O)cc2S(=O)(=O)N1Cc1ccc(OC)cc1. The van der Waals surface area contributed by atoms with E-state index in [1.54, 1.807) is 36.5 Å². The molecule has 1 aliphatic rings. The number of hydrogen-bond acceptors (Lipinski definition) is 6. The number of ether oxygens (including phenoxy) is 1. The van der Waals surface area contributed by atoms with Crippen molar-refractivity contribution in [2.45, 2.75) is 43.7 Å². The van der Waals surface area contributed by atoms with Crippen LogP contribution in [0.2, 0.25) is 0 Å². The zero-order valence-electron chi connectivity index (χ0n) is 22.3. The molecule has 0 spiro atoms. The van der Waals surface area contributed by atoms with Crippen LogP contribution >= 0.6 is 0 Å². The van der Waals surface area contributed by atoms with Crippen LogP contribution in [-0.2, 0) is 16.6 Å². The summed E-state index contributed by atoms with van der Waals surface area (Å²) in [7, 11) is 1.03. The summed E-state index contributed by atoms with van der Waals surface area (Å²) in [6, 6.07) is 19.7. The lowest BCUT2D eigenvalue weighted by Crippen LogP contribution is -2.43. The Labute approximate surface area is 225 Å². The van der Waals surface area contributed by atoms with E-state index >= 15 is 0 Å². The van der Waals surface area contributed by atoms with Gasteiger partial charge in [0.1, 0.15) is 10.6 Å². The fourth-order valence-corrected chi connectivity index (χ4v) is 6.73. The maximum atomic E-state index is 14.4. The topological polar surface area (TPSA) is 90.4 Å². The Bertz CT molecular complexity index is 1380. The molecule has 0 amide bonds. The van der Waals surface area contributed by atoms with E-state index in [4.69, 9.17) is 4.74 Å². The predicted octanol–water partition coefficient (Wildman–Crippen LogP) is 5.36. The molecule has 0 radical (unpaired) electrons. The van der Waals surface area contributed by atoms with Crippen LogP contribution in [0.3, 0.4) is 0 Å². The third-order valence-corrected chi connectivity index (χ3v) is 8.85. The third-order valence-electron chi connectivity index (χ3n) is 6.92. The summed E-state index contributed by atoms with van der Waals surface area (Å²) in [5.41, 5.74) is 2.55. The van der Waals surface area contributed by atoms with Crippen molar-refractivity contribution >= 4 is 33.1 Å². The number of carbonyl (C=O) groups is 1. The number of carboxylic acids is 1. The van der Waals surface area contributed by atoms with Gasteiger partial charge in [0, 0.05) is 38.9 Å². The fourth-order valence-electron chi connectivity index (χ4n) is 4.89. The van der Waals surface area contributed by atoms with Crippen molar-refractivity contribution in [2.75, 3.05) is 37.5 Å². The van der Waals surface area contributed by atoms with Crippen molar-refractivity contribution in [3.63, 3.8) is 0 Å². The van der Waals surface area contributed by atoms with Crippen LogP contribution < -0.4 is 14.5 Å². The quantitative estimate of drug-likeness (QED) is 0.393. The van der Waals surface area contributed by atoms with Gasteiger partial charge in [-0.2, -0.15) is 4.31 Å². The highest BCUT2D eigenvalue weighted by atomic mass is 32.2. The molecular weight excluding hydrogens is 502 g/mol. The summed E-state index contributed by atoms with van der Waals surface area (Å²) in [6.45, 7) is 2.69. The number of fused-ring (bicyclic) bond motifs is 1. The molecule has 0 aromatic heterocycles. The largest absolute Gasteiger partial charge is 0.497 e. The van der Waals surface area contributed by atoms with Gasteiger partial charge in [0.2, 0.25) is 10.0 Å². The summed E-state index contributed by atoms with van der Waals surface area (Å²) < 4.78 is 35.7. The van der Waals surface area contributed by atoms with Gasteiger partial charge in [-0.3, -0.25) is 0 Å². The van der Waals surface area contributed by atoms with E-state index in [1.165, 1.54) is 6.07 Å². The minimum atomic E-state index is -4.07. The van der Waals surface area contributed by atoms with Crippen LogP contribution in [0.1, 0.15) is 42.1 Å². The molecule has 9 heteroatoms. The second kappa shape index (κ2) is 11.4. The number of anilines is 3. The number of hydrogen-bond donors (Lipinski definition) is 1. The second-order valence-electron chi connectivity index (χ2n) is 9.68. The monoisotopic (exact) mass is 537 g/mol. The van der Waals surface area contributed by atoms with E-state index in [2.05, 4.69) is 6.92 Å². The van der Waals surface area contributed by atoms with E-state index < -0.39 is 16.0 Å². The Morgan fingerprint density at radius 3 is 2.34 bits per heavy atom. The number of nitrogens with zero attached hydrogens (tertiary/aromatic N) is 3. The lowest BCUT2D eigenvalue weighted by atomic mass is 10.1. The first-order valence-electron chi connectivity index (χ1n) is 12.7. The Kier molecular flexibility index (Phi) is 8.28. The lowest BCUT2D eigenvalue weighted by molar-refractivity contribution is 0.0697. The molecule has 1 heterocycles. The number of para-hydroxylation sites is 1. The smallest absolute Gasteiger partial charge is 0.337 e. The molecule has 202 valence electrons. The first-order valence-corrected chi connectivity index (χ1v) is 14.2. The van der Waals surface area contributed by atoms with Crippen LogP contribution in [0.5, 0.6) is 5.75 Å². The van der Waals surface area contributed by atoms with E-state index in [-0.39, 0.29) is 23.0 Å². The van der Waals surface area contributed by atoms with Gasteiger partial charge in [-0.05, 0) is 48.4 Å². The summed E-state index contributed by atoms with van der Waals surface area (Å²) in [4.78, 5) is 16.0. The number of rotatable bonds is 9. The van der Waals surface area contributed by atoms with Gasteiger partial charge in [0.05, 0.1) is 24.0 Å². The molecule has 3 aromatic carbocycles. The van der Waals surface area contributed by atoms with Crippen LogP contribution in [0.25, 0.3) is 0 Å². The highest BCUT2D eigenvalue weighted by Gasteiger charge is 2.40. The molecule has 3 aromatic rings. The van der Waals surface area contributed by atoms with E-state index in [1.807, 2.05) is 59.5 Å². The molecule has 8 nitrogen and oxygen atoms in total. The fraction of sp³-hybridized carbons (Fsp3) is 0.345. The molecule has 1 unspecified atom stereocenters. The zero-order valence-corrected chi connectivity index (χ0v) is 23.1. The first-order chi connectivity index (χ1) is 18.2. The van der Waals surface area contributed by atoms with Gasteiger partial charge in [-0.1, -0.05) is 50.1 Å². The standard InChI is InChI=1S/C29H35N3O5S/c1-5-6-10-23-20-31(22-11-8-7-9-12-22)27-18-26(30(2)3)25(29(33)34)17-28(27)38(35,36)32(23)19-21-13-15-24(37-4)16-14-21/h7-9,11-18,23H,5-6,10,19-20H2,1-4H3,(H,33,34). The number of sulfonamides is 1. The molecule has 0 fully saturated rings. The zero-order chi connectivity index (χ0) is 27.4. The molecule has 0 saturated carbocycles. The van der Waals surface area contributed by atoms with Crippen molar-refractivity contribution in [3.05, 3.63) is 77.9 Å². The van der Waals surface area contributed by atoms with Gasteiger partial charge in [-0.25, -0.2) is 13.2 Å². The highest BCUT2D eigenvalue weighted by Crippen LogP contribution is 2.42. The molecule has 0 aliphatic carbocycles. The second-order valence-corrected chi connectivity index (χ2v) is 11.5. The minimum absolute atomic E-state index is 0.00290. The molecule has 0 saturated heterocycles. The predicted molar refractivity (Wildman–Crippen MR) is 150 cm³/mol. The van der Waals surface area contributed by atoms with Crippen LogP contribution in [0.4, 0.5) is 17.1 Å². The molecule has 1 aliphatic heterocycles. The number of aromatic carboxylic acids is 1. The van der Waals surface area contributed by atoms with Gasteiger partial charge in [0.15, 0.2) is 0 Å². The van der Waals surface area contributed by atoms with Crippen LogP contribution in [0.15, 0.2) is 71.6 Å². The molecule has 4 rings (SSSR count). The Morgan fingerprint density at radius 1 is 1.08 bits per heavy atom. The molecule has 0 bridgehead atoms. The van der Waals surface area contributed by atoms with E-state index in [0.29, 0.717) is 30.1 Å². The van der Waals surface area contributed by atoms with Crippen molar-refractivity contribution in [2.24, 2.45) is 0 Å². The Morgan fingerprint density at radius 2 is 1.76 bits per heavy atom. The van der Waals surface area contributed by atoms with Gasteiger partial charge < -0.3 is 19.6 Å². The van der Waals surface area contributed by atoms with Crippen molar-refractivity contribution in [1.29, 1.82) is 0 Å². The van der Waals surface area contributed by atoms with Gasteiger partial charge in [-0.15, -0.1) is 0 Å². The highest BCUT2D eigenvalue weighted by molar-refractivity contribution is 7.89. The molecule has 1 atom stereocenters. The average Bonchev–Trinajstić information content (AvgIpc) is 3.00. The third kappa shape index (κ3) is 5.49. The summed E-state index contributed by atoms with van der Waals surface area (Å²) in [5.74, 6) is -0.482. The van der Waals surface area contributed by atoms with E-state index in [9.17, 15) is 18.3 Å². The maximum Gasteiger partial charge on any atom is 0.337 e. The van der Waals surface area contributed by atoms with Crippen molar-refractivity contribution < 1.29 is 23.1 Å². The molecule has 1 N–H and O–H groups in total. The number of benzene rings is 3. The molecule has 38 heavy (non-hydrogen) atoms. The Hall–Kier alpha value is -3.56. The number of methoxy groups -OCH3 is 1. The number of unbranched alkanes of at least 4 members (excludes halogenated alkanes) is 1. The van der Waals surface area contributed by atoms with Crippen LogP contribution in [0, 0.1) is 0 Å². The minimum Gasteiger partial charge on any atom is -0.497 e. The maximum absolute atomic E-state index is 14.4. The molecular formula is C29H35N3O5S. The Balaban J connectivity index is 1.95. The summed E-state index contributed by atoms with van der Waals surface area (Å²) in [5, 5.41) is 10.00.